The Kier molecular flexibility index (Phi) is 8.94. The summed E-state index contributed by atoms with van der Waals surface area (Å²) in [6.45, 7) is 8.28. The van der Waals surface area contributed by atoms with Gasteiger partial charge in [-0.15, -0.1) is 0 Å². The van der Waals surface area contributed by atoms with E-state index in [9.17, 15) is 13.2 Å². The van der Waals surface area contributed by atoms with Gasteiger partial charge in [0.15, 0.2) is 9.84 Å². The van der Waals surface area contributed by atoms with Crippen molar-refractivity contribution in [3.05, 3.63) is 47.9 Å². The predicted molar refractivity (Wildman–Crippen MR) is 118 cm³/mol. The third kappa shape index (κ3) is 9.02. The van der Waals surface area contributed by atoms with Crippen molar-refractivity contribution in [2.75, 3.05) is 19.3 Å². The van der Waals surface area contributed by atoms with Gasteiger partial charge in [0.2, 0.25) is 5.88 Å². The quantitative estimate of drug-likeness (QED) is 0.671. The Labute approximate surface area is 184 Å². The fourth-order valence-corrected chi connectivity index (χ4v) is 3.54. The second-order valence-electron chi connectivity index (χ2n) is 8.34. The van der Waals surface area contributed by atoms with E-state index in [0.29, 0.717) is 29.8 Å². The summed E-state index contributed by atoms with van der Waals surface area (Å²) in [5.74, 6) is 0.997. The Morgan fingerprint density at radius 3 is 2.29 bits per heavy atom. The first-order valence-electron chi connectivity index (χ1n) is 10.1. The van der Waals surface area contributed by atoms with Crippen molar-refractivity contribution in [3.8, 4) is 5.88 Å². The average molecular weight is 450 g/mol. The number of hydrogen-bond acceptors (Lipinski definition) is 8. The van der Waals surface area contributed by atoms with Crippen LogP contribution < -0.4 is 10.1 Å². The summed E-state index contributed by atoms with van der Waals surface area (Å²) in [5.41, 5.74) is 1.60. The lowest BCUT2D eigenvalue weighted by Gasteiger charge is -2.22. The van der Waals surface area contributed by atoms with Crippen LogP contribution in [0.1, 0.15) is 50.8 Å². The molecule has 0 bridgehead atoms. The molecule has 170 valence electrons. The molecule has 0 amide bonds. The summed E-state index contributed by atoms with van der Waals surface area (Å²) in [7, 11) is -3.17. The number of carbonyl (C=O) groups is 1. The van der Waals surface area contributed by atoms with Crippen molar-refractivity contribution < 1.29 is 22.7 Å². The van der Waals surface area contributed by atoms with Crippen LogP contribution in [0, 0.1) is 0 Å². The van der Waals surface area contributed by atoms with Crippen LogP contribution in [0.15, 0.2) is 41.6 Å². The minimum atomic E-state index is -3.17. The molecule has 2 aromatic rings. The molecule has 1 aromatic carbocycles. The van der Waals surface area contributed by atoms with Gasteiger partial charge >= 0.3 is 0 Å². The van der Waals surface area contributed by atoms with Gasteiger partial charge in [0, 0.05) is 18.2 Å². The number of aromatic nitrogens is 2. The van der Waals surface area contributed by atoms with Crippen LogP contribution in [-0.4, -0.2) is 49.8 Å². The van der Waals surface area contributed by atoms with Crippen LogP contribution >= 0.6 is 0 Å². The highest BCUT2D eigenvalue weighted by molar-refractivity contribution is 7.90. The number of piperidine rings is 1. The van der Waals surface area contributed by atoms with Gasteiger partial charge in [-0.2, -0.15) is 0 Å². The first-order valence-corrected chi connectivity index (χ1v) is 12.0. The van der Waals surface area contributed by atoms with Crippen LogP contribution in [0.5, 0.6) is 5.88 Å². The summed E-state index contributed by atoms with van der Waals surface area (Å²) in [5, 5.41) is 3.34. The molecule has 1 fully saturated rings. The van der Waals surface area contributed by atoms with Crippen molar-refractivity contribution in [1.29, 1.82) is 0 Å². The number of sulfone groups is 1. The van der Waals surface area contributed by atoms with Gasteiger partial charge in [-0.05, 0) is 64.4 Å². The summed E-state index contributed by atoms with van der Waals surface area (Å²) < 4.78 is 33.2. The van der Waals surface area contributed by atoms with Gasteiger partial charge in [-0.25, -0.2) is 18.4 Å². The molecule has 3 rings (SSSR count). The third-order valence-electron chi connectivity index (χ3n) is 4.56. The number of benzene rings is 1. The number of ether oxygens (including phenoxy) is 2. The van der Waals surface area contributed by atoms with Crippen molar-refractivity contribution in [2.24, 2.45) is 0 Å². The molecule has 0 radical (unpaired) electrons. The van der Waals surface area contributed by atoms with E-state index in [2.05, 4.69) is 20.0 Å². The minimum Gasteiger partial charge on any atom is -0.473 e. The van der Waals surface area contributed by atoms with E-state index < -0.39 is 9.84 Å². The molecule has 2 heterocycles. The summed E-state index contributed by atoms with van der Waals surface area (Å²) >= 11 is 0. The molecule has 1 saturated heterocycles. The van der Waals surface area contributed by atoms with Crippen molar-refractivity contribution in [3.63, 3.8) is 0 Å². The minimum absolute atomic E-state index is 0.307. The van der Waals surface area contributed by atoms with Crippen LogP contribution in [0.3, 0.4) is 0 Å². The molecule has 1 aliphatic rings. The lowest BCUT2D eigenvalue weighted by Crippen LogP contribution is -2.27. The highest BCUT2D eigenvalue weighted by Crippen LogP contribution is 2.25. The fraction of sp³-hybridized carbons (Fsp3) is 0.500. The second kappa shape index (κ2) is 11.2. The summed E-state index contributed by atoms with van der Waals surface area (Å²) in [6, 6.07) is 8.60. The van der Waals surface area contributed by atoms with E-state index in [-0.39, 0.29) is 5.60 Å². The van der Waals surface area contributed by atoms with E-state index in [0.717, 1.165) is 37.2 Å². The maximum absolute atomic E-state index is 11.5. The molecule has 8 nitrogen and oxygen atoms in total. The maximum Gasteiger partial charge on any atom is 0.293 e. The Balaban J connectivity index is 0.000000423. The molecule has 0 aliphatic carbocycles. The van der Waals surface area contributed by atoms with Gasteiger partial charge in [0.25, 0.3) is 6.47 Å². The number of nitrogens with zero attached hydrogens (tertiary/aromatic N) is 2. The lowest BCUT2D eigenvalue weighted by molar-refractivity contribution is -0.138. The zero-order valence-electron chi connectivity index (χ0n) is 18.5. The van der Waals surface area contributed by atoms with Gasteiger partial charge in [-0.1, -0.05) is 12.1 Å². The summed E-state index contributed by atoms with van der Waals surface area (Å²) in [6.07, 6.45) is 4.88. The van der Waals surface area contributed by atoms with Crippen LogP contribution in [0.25, 0.3) is 0 Å². The first-order chi connectivity index (χ1) is 14.6. The number of rotatable bonds is 6. The van der Waals surface area contributed by atoms with E-state index in [4.69, 9.17) is 4.74 Å². The SMILES string of the molecule is CC(C)(C)OC=O.CS(=O)(=O)c1ccc(COc2cc(C3CCNCC3)ncn2)cc1. The van der Waals surface area contributed by atoms with E-state index >= 15 is 0 Å². The number of hydrogen-bond donors (Lipinski definition) is 1. The van der Waals surface area contributed by atoms with Crippen LogP contribution in [0.2, 0.25) is 0 Å². The van der Waals surface area contributed by atoms with E-state index in [1.807, 2.05) is 26.8 Å². The maximum atomic E-state index is 11.5. The molecule has 1 aliphatic heterocycles. The fourth-order valence-electron chi connectivity index (χ4n) is 2.91. The highest BCUT2D eigenvalue weighted by Gasteiger charge is 2.17. The average Bonchev–Trinajstić information content (AvgIpc) is 2.72. The molecule has 0 saturated carbocycles. The molecular formula is C22H31N3O5S. The Morgan fingerprint density at radius 2 is 1.77 bits per heavy atom. The topological polar surface area (TPSA) is 107 Å². The van der Waals surface area contributed by atoms with Gasteiger partial charge in [0.1, 0.15) is 18.5 Å². The monoisotopic (exact) mass is 449 g/mol. The second-order valence-corrected chi connectivity index (χ2v) is 10.4. The van der Waals surface area contributed by atoms with E-state index in [1.165, 1.54) is 6.26 Å². The van der Waals surface area contributed by atoms with Crippen molar-refractivity contribution in [2.45, 2.75) is 56.6 Å². The van der Waals surface area contributed by atoms with Gasteiger partial charge in [-0.3, -0.25) is 4.79 Å². The smallest absolute Gasteiger partial charge is 0.293 e. The molecule has 0 spiro atoms. The molecule has 9 heteroatoms. The first kappa shape index (κ1) is 24.7. The van der Waals surface area contributed by atoms with Crippen LogP contribution in [0.4, 0.5) is 0 Å². The standard InChI is InChI=1S/C17H21N3O3S.C5H10O2/c1-24(21,22)15-4-2-13(3-5-15)11-23-17-10-16(19-12-20-17)14-6-8-18-9-7-14;1-5(2,3)7-4-6/h2-5,10,12,14,18H,6-9,11H2,1H3;4H,1-3H3. The third-order valence-corrected chi connectivity index (χ3v) is 5.69. The number of nitrogens with one attached hydrogen (secondary N) is 1. The lowest BCUT2D eigenvalue weighted by atomic mass is 9.94. The Hall–Kier alpha value is -2.52. The molecule has 31 heavy (non-hydrogen) atoms. The van der Waals surface area contributed by atoms with Gasteiger partial charge < -0.3 is 14.8 Å². The predicted octanol–water partition coefficient (Wildman–Crippen LogP) is 2.88. The molecule has 1 N–H and O–H groups in total. The molecule has 0 unspecified atom stereocenters. The molecular weight excluding hydrogens is 418 g/mol. The van der Waals surface area contributed by atoms with Crippen molar-refractivity contribution in [1.82, 2.24) is 15.3 Å². The van der Waals surface area contributed by atoms with Gasteiger partial charge in [0.05, 0.1) is 10.6 Å². The zero-order chi connectivity index (χ0) is 22.9. The highest BCUT2D eigenvalue weighted by atomic mass is 32.2. The molecule has 0 atom stereocenters. The van der Waals surface area contributed by atoms with Crippen LogP contribution in [-0.2, 0) is 26.0 Å². The van der Waals surface area contributed by atoms with E-state index in [1.54, 1.807) is 30.6 Å². The summed E-state index contributed by atoms with van der Waals surface area (Å²) in [4.78, 5) is 18.4. The normalized spacial score (nSPS) is 14.8. The Bertz CT molecular complexity index is 934. The zero-order valence-corrected chi connectivity index (χ0v) is 19.3. The molecule has 1 aromatic heterocycles. The van der Waals surface area contributed by atoms with Crippen molar-refractivity contribution >= 4 is 16.3 Å². The largest absolute Gasteiger partial charge is 0.473 e. The number of carbonyl (C=O) groups excluding carboxylic acids is 1. The Morgan fingerprint density at radius 1 is 1.13 bits per heavy atom.